The first-order valence-electron chi connectivity index (χ1n) is 40.1. The number of hydrogen-bond donors (Lipinski definition) is 4. The topological polar surface area (TPSA) is 419 Å². The van der Waals surface area contributed by atoms with Gasteiger partial charge in [-0.3, -0.25) is 23.9 Å². The molecule has 0 bridgehead atoms. The molecular weight excluding hydrogens is 1440 g/mol. The zero-order valence-corrected chi connectivity index (χ0v) is 66.5. The standard InChI is InChI=1S/C14H23N3O4.C13H21N3O4.C12H20N4O3.C12H18N4O2.C12H19N3O4.C7H10N4.ClH.H2/c1-7-20-12(18)11-8-10(15-17(11)6)9-16(5)13(19)21-14(2,3)4;1-6-19-11(17)10-7-9(14-15-10)8-16(5)12(18)20-13(2,3)4;1-12(2,3)19-11(18)15(4)7-8-6-9(10(13)17)16(5)14-8;1-12(2,3)18-11(17)15(5)8-9-7-10(13-4)16(6)14-9;1-12(2,3)19-11(18)14(4)7-8-6-9(10(16)17)15(5)13-8;1-8-5-6-4-7(9-2)11(3)10-6;;/h8H,7,9H2,1-6H3;7H,6,8H2,1-5H3,(H,14,15);6H,7H2,1-5H3,(H2,13,17);7H,8H2,1-3,5-6H3;6H,7H2,1-5H3,(H,16,17);4,8H,5H2,1,3H3;2*1H/i6D3;;5D3;6D3;5D3;3D3;;. The van der Waals surface area contributed by atoms with Crippen LogP contribution < -0.4 is 11.1 Å². The number of nitrogens with one attached hydrogen (secondary N) is 2. The van der Waals surface area contributed by atoms with Gasteiger partial charge in [0, 0.05) is 76.5 Å². The van der Waals surface area contributed by atoms with Gasteiger partial charge in [-0.1, -0.05) is 13.1 Å². The van der Waals surface area contributed by atoms with E-state index in [-0.39, 0.29) is 99.0 Å². The molecule has 38 nitrogen and oxygen atoms in total. The Labute approximate surface area is 666 Å². The summed E-state index contributed by atoms with van der Waals surface area (Å²) in [6, 6.07) is 8.03. The second-order valence-electron chi connectivity index (χ2n) is 27.9. The van der Waals surface area contributed by atoms with Crippen molar-refractivity contribution in [1.82, 2.24) is 88.9 Å². The van der Waals surface area contributed by atoms with E-state index in [4.69, 9.17) is 77.7 Å². The summed E-state index contributed by atoms with van der Waals surface area (Å²) in [5, 5.41) is 37.6. The molecule has 0 aromatic carbocycles. The van der Waals surface area contributed by atoms with Gasteiger partial charge >= 0.3 is 48.4 Å². The number of nitrogens with two attached hydrogens (primary N) is 1. The average Bonchev–Trinajstić information content (AvgIpc) is 1.68. The third-order valence-corrected chi connectivity index (χ3v) is 12.0. The number of esters is 2. The van der Waals surface area contributed by atoms with E-state index in [0.717, 1.165) is 10.7 Å². The van der Waals surface area contributed by atoms with Gasteiger partial charge in [-0.2, -0.15) is 20.4 Å². The molecule has 6 heterocycles. The molecule has 0 unspecified atom stereocenters. The van der Waals surface area contributed by atoms with Crippen molar-refractivity contribution in [2.75, 3.05) is 55.5 Å². The fourth-order valence-electron chi connectivity index (χ4n) is 7.54. The van der Waals surface area contributed by atoms with E-state index >= 15 is 0 Å². The first kappa shape index (κ1) is 73.2. The number of carboxylic acids is 1. The molecule has 5 N–H and O–H groups in total. The summed E-state index contributed by atoms with van der Waals surface area (Å²) in [5.74, 6) is -3.65. The largest absolute Gasteiger partial charge is 0.477 e. The number of primary amides is 1. The highest BCUT2D eigenvalue weighted by atomic mass is 35.5. The predicted molar refractivity (Wildman–Crippen MR) is 405 cm³/mol. The number of aromatic nitrogens is 12. The zero-order chi connectivity index (χ0) is 95.8. The summed E-state index contributed by atoms with van der Waals surface area (Å²) in [7, 11) is 9.27. The van der Waals surface area contributed by atoms with Crippen LogP contribution in [0.1, 0.15) is 216 Å². The normalized spacial score (nSPS) is 13.5. The predicted octanol–water partition coefficient (Wildman–Crippen LogP) is 9.98. The molecule has 0 atom stereocenters. The number of H-pyrrole nitrogens is 1. The lowest BCUT2D eigenvalue weighted by Gasteiger charge is -2.24. The average molecular weight is 1570 g/mol. The first-order chi connectivity index (χ1) is 55.6. The van der Waals surface area contributed by atoms with Gasteiger partial charge < -0.3 is 83.5 Å². The van der Waals surface area contributed by atoms with Crippen LogP contribution in [0.25, 0.3) is 9.69 Å². The van der Waals surface area contributed by atoms with Gasteiger partial charge in [0.05, 0.1) is 102 Å². The highest BCUT2D eigenvalue weighted by molar-refractivity contribution is 5.91. The third-order valence-electron chi connectivity index (χ3n) is 12.0. The van der Waals surface area contributed by atoms with Crippen molar-refractivity contribution in [3.63, 3.8) is 0 Å². The molecule has 6 amide bonds. The molecule has 0 fully saturated rings. The first-order valence-corrected chi connectivity index (χ1v) is 32.6. The number of rotatable bonds is 18. The molecule has 0 aliphatic heterocycles. The molecule has 109 heavy (non-hydrogen) atoms. The Morgan fingerprint density at radius 3 is 1.07 bits per heavy atom. The molecule has 0 aliphatic rings. The summed E-state index contributed by atoms with van der Waals surface area (Å²) >= 11 is 0. The Morgan fingerprint density at radius 1 is 0.486 bits per heavy atom. The second-order valence-corrected chi connectivity index (χ2v) is 27.9. The monoisotopic (exact) mass is 1570 g/mol. The van der Waals surface area contributed by atoms with E-state index in [1.165, 1.54) is 77.0 Å². The van der Waals surface area contributed by atoms with Gasteiger partial charge in [-0.05, 0) is 161 Å². The number of carbonyl (C=O) groups excluding carboxylic acids is 8. The van der Waals surface area contributed by atoms with Crippen molar-refractivity contribution < 1.29 is 103 Å². The quantitative estimate of drug-likeness (QED) is 0.0353. The molecule has 0 saturated carbocycles. The van der Waals surface area contributed by atoms with Crippen LogP contribution in [-0.2, 0) is 107 Å². The number of nitrogens with zero attached hydrogens (tertiary/aromatic N) is 18. The van der Waals surface area contributed by atoms with Crippen molar-refractivity contribution in [1.29, 1.82) is 0 Å². The van der Waals surface area contributed by atoms with Crippen LogP contribution in [-0.4, -0.2) is 226 Å². The van der Waals surface area contributed by atoms with Gasteiger partial charge in [-0.25, -0.2) is 47.7 Å². The minimum atomic E-state index is -2.71. The number of amides is 6. The molecule has 6 rings (SSSR count). The molecular formula is C70H114ClN21O17. The zero-order valence-electron chi connectivity index (χ0n) is 80.6. The maximum Gasteiger partial charge on any atom is 0.410 e. The van der Waals surface area contributed by atoms with E-state index in [0.29, 0.717) is 49.0 Å². The molecule has 39 heteroatoms. The number of hydrogen-bond acceptors (Lipinski definition) is 23. The van der Waals surface area contributed by atoms with Crippen LogP contribution in [0.2, 0.25) is 0 Å². The molecule has 0 spiro atoms. The molecule has 608 valence electrons. The van der Waals surface area contributed by atoms with Crippen LogP contribution in [0.4, 0.5) is 35.6 Å². The van der Waals surface area contributed by atoms with Gasteiger partial charge in [-0.15, -0.1) is 22.6 Å². The van der Waals surface area contributed by atoms with Gasteiger partial charge in [0.2, 0.25) is 0 Å². The van der Waals surface area contributed by atoms with E-state index in [1.807, 2.05) is 0 Å². The molecule has 6 aromatic heterocycles. The fourth-order valence-corrected chi connectivity index (χ4v) is 7.54. The lowest BCUT2D eigenvalue weighted by molar-refractivity contribution is 0.0273. The Bertz CT molecular complexity index is 4550. The molecule has 6 aromatic rings. The Balaban J connectivity index is 0. The van der Waals surface area contributed by atoms with E-state index < -0.39 is 123 Å². The van der Waals surface area contributed by atoms with Crippen molar-refractivity contribution in [3.05, 3.63) is 116 Å². The maximum atomic E-state index is 12.0. The third kappa shape index (κ3) is 37.7. The Morgan fingerprint density at radius 2 is 0.780 bits per heavy atom. The number of aryl methyl sites for hydroxylation is 5. The minimum absolute atomic E-state index is 0. The summed E-state index contributed by atoms with van der Waals surface area (Å²) in [5.41, 5.74) is 3.38. The van der Waals surface area contributed by atoms with E-state index in [9.17, 15) is 43.2 Å². The molecule has 0 aliphatic carbocycles. The molecule has 0 radical (unpaired) electrons. The van der Waals surface area contributed by atoms with Crippen molar-refractivity contribution in [3.8, 4) is 0 Å². The van der Waals surface area contributed by atoms with Crippen molar-refractivity contribution >= 4 is 78.3 Å². The van der Waals surface area contributed by atoms with Crippen molar-refractivity contribution in [2.24, 2.45) is 40.6 Å². The highest BCUT2D eigenvalue weighted by Gasteiger charge is 2.27. The van der Waals surface area contributed by atoms with E-state index in [1.54, 1.807) is 138 Å². The fraction of sp³-hybridized carbons (Fsp3) is 0.586. The number of aromatic amines is 1. The molecule has 0 saturated heterocycles. The van der Waals surface area contributed by atoms with Crippen LogP contribution in [0.3, 0.4) is 0 Å². The summed E-state index contributed by atoms with van der Waals surface area (Å²) in [6.07, 6.45) is -2.77. The Hall–Kier alpha value is -11.3. The number of aromatic carboxylic acids is 1. The smallest absolute Gasteiger partial charge is 0.410 e. The number of carbonyl (C=O) groups is 9. The van der Waals surface area contributed by atoms with Gasteiger partial charge in [0.25, 0.3) is 17.5 Å². The number of ether oxygens (including phenoxy) is 7. The summed E-state index contributed by atoms with van der Waals surface area (Å²) in [4.78, 5) is 117. The van der Waals surface area contributed by atoms with Crippen LogP contribution >= 0.6 is 12.4 Å². The number of carboxylic acid groups (broad SMARTS) is 1. The summed E-state index contributed by atoms with van der Waals surface area (Å²) in [6.45, 7) is 31.5. The maximum absolute atomic E-state index is 12.0. The van der Waals surface area contributed by atoms with Crippen LogP contribution in [0.15, 0.2) is 36.4 Å². The van der Waals surface area contributed by atoms with E-state index in [2.05, 4.69) is 50.7 Å². The lowest BCUT2D eigenvalue weighted by atomic mass is 10.2. The lowest BCUT2D eigenvalue weighted by Crippen LogP contribution is -2.33. The van der Waals surface area contributed by atoms with Gasteiger partial charge in [0.1, 0.15) is 45.1 Å². The second kappa shape index (κ2) is 43.5. The minimum Gasteiger partial charge on any atom is -0.477 e. The number of halogens is 1. The Kier molecular flexibility index (Phi) is 29.2. The van der Waals surface area contributed by atoms with Gasteiger partial charge in [0.15, 0.2) is 5.69 Å². The van der Waals surface area contributed by atoms with Crippen LogP contribution in [0, 0.1) is 13.1 Å². The summed E-state index contributed by atoms with van der Waals surface area (Å²) < 4.78 is 148. The SMILES string of the molecule is CCOC(=O)c1cc(CN(C)C(=O)OC(C)(C)C)[nH]n1.Cl.[2H]C([2H])([2H])n1nc(CN(C)C(=O)OC(C)(C)C)cc1C(=O)O.[2H]C([2H])([2H])n1nc(CN(C)C(=O)OC(C)(C)C)cc1C(=O)OCC.[2H]C([2H])([2H])n1nc(CN(C)C(=O)OC(C)(C)C)cc1C(N)=O.[2H]C([2H])([2H])n1nc(CN(C)C(=O)OC(C)(C)C)cc1[N+]#[C-].[2H]C([2H])([2H])n1nc(CNC)cc1[N+]#[C-].[HH]. The van der Waals surface area contributed by atoms with Crippen molar-refractivity contribution in [2.45, 2.75) is 185 Å². The highest BCUT2D eigenvalue weighted by Crippen LogP contribution is 2.19. The van der Waals surface area contributed by atoms with Crippen LogP contribution in [0.5, 0.6) is 0 Å².